The standard InChI is InChI=1S/C21H25NO4S/c1-4-25-21(24)18-15-9-7-11-17(15)27-20(18)22-19(23)14-8-5-6-10-16(14)26-12-13(2)3/h5-6,8,10,13H,4,7,9,11-12H2,1-3H3,(H,22,23). The minimum Gasteiger partial charge on any atom is -0.492 e. The summed E-state index contributed by atoms with van der Waals surface area (Å²) in [6.45, 7) is 6.74. The lowest BCUT2D eigenvalue weighted by atomic mass is 10.1. The molecule has 0 unspecified atom stereocenters. The fourth-order valence-electron chi connectivity index (χ4n) is 3.12. The second-order valence-electron chi connectivity index (χ2n) is 6.94. The Kier molecular flexibility index (Phi) is 6.16. The fraction of sp³-hybridized carbons (Fsp3) is 0.429. The van der Waals surface area contributed by atoms with E-state index < -0.39 is 0 Å². The Morgan fingerprint density at radius 2 is 2.00 bits per heavy atom. The summed E-state index contributed by atoms with van der Waals surface area (Å²) in [5.74, 6) is 0.263. The normalized spacial score (nSPS) is 12.7. The van der Waals surface area contributed by atoms with Gasteiger partial charge in [0.2, 0.25) is 0 Å². The quantitative estimate of drug-likeness (QED) is 0.700. The van der Waals surface area contributed by atoms with E-state index in [2.05, 4.69) is 19.2 Å². The molecule has 1 aliphatic rings. The first-order valence-electron chi connectivity index (χ1n) is 9.36. The molecule has 1 N–H and O–H groups in total. The Balaban J connectivity index is 1.86. The van der Waals surface area contributed by atoms with Gasteiger partial charge in [-0.05, 0) is 49.8 Å². The highest BCUT2D eigenvalue weighted by molar-refractivity contribution is 7.17. The molecule has 0 bridgehead atoms. The van der Waals surface area contributed by atoms with Gasteiger partial charge in [0.05, 0.1) is 24.3 Å². The molecule has 1 amide bonds. The lowest BCUT2D eigenvalue weighted by molar-refractivity contribution is 0.0527. The van der Waals surface area contributed by atoms with E-state index in [1.807, 2.05) is 6.07 Å². The lowest BCUT2D eigenvalue weighted by Gasteiger charge is -2.13. The number of aryl methyl sites for hydroxylation is 1. The van der Waals surface area contributed by atoms with E-state index in [0.29, 0.717) is 41.0 Å². The third kappa shape index (κ3) is 4.33. The summed E-state index contributed by atoms with van der Waals surface area (Å²) in [5.41, 5.74) is 2.00. The molecule has 0 radical (unpaired) electrons. The van der Waals surface area contributed by atoms with Crippen LogP contribution in [0.15, 0.2) is 24.3 Å². The predicted molar refractivity (Wildman–Crippen MR) is 107 cm³/mol. The van der Waals surface area contributed by atoms with E-state index in [9.17, 15) is 9.59 Å². The minimum absolute atomic E-state index is 0.278. The third-order valence-electron chi connectivity index (χ3n) is 4.33. The topological polar surface area (TPSA) is 64.6 Å². The third-order valence-corrected chi connectivity index (χ3v) is 5.54. The molecule has 1 aliphatic carbocycles. The number of amides is 1. The van der Waals surface area contributed by atoms with Gasteiger partial charge in [-0.15, -0.1) is 11.3 Å². The van der Waals surface area contributed by atoms with Gasteiger partial charge in [-0.3, -0.25) is 4.79 Å². The highest BCUT2D eigenvalue weighted by Gasteiger charge is 2.28. The molecule has 3 rings (SSSR count). The van der Waals surface area contributed by atoms with Crippen LogP contribution in [-0.2, 0) is 17.6 Å². The zero-order chi connectivity index (χ0) is 19.4. The number of ether oxygens (including phenoxy) is 2. The first-order valence-corrected chi connectivity index (χ1v) is 10.2. The SMILES string of the molecule is CCOC(=O)c1c(NC(=O)c2ccccc2OCC(C)C)sc2c1CCC2. The van der Waals surface area contributed by atoms with Crippen LogP contribution in [0.4, 0.5) is 5.00 Å². The first kappa shape index (κ1) is 19.4. The van der Waals surface area contributed by atoms with Crippen LogP contribution >= 0.6 is 11.3 Å². The van der Waals surface area contributed by atoms with E-state index in [4.69, 9.17) is 9.47 Å². The van der Waals surface area contributed by atoms with Gasteiger partial charge >= 0.3 is 5.97 Å². The number of rotatable bonds is 7. The van der Waals surface area contributed by atoms with Crippen LogP contribution in [0.25, 0.3) is 0 Å². The first-order chi connectivity index (χ1) is 13.0. The molecular formula is C21H25NO4S. The Bertz CT molecular complexity index is 841. The number of thiophene rings is 1. The predicted octanol–water partition coefficient (Wildman–Crippen LogP) is 4.70. The smallest absolute Gasteiger partial charge is 0.341 e. The maximum absolute atomic E-state index is 12.9. The number of carbonyl (C=O) groups is 2. The summed E-state index contributed by atoms with van der Waals surface area (Å²) in [7, 11) is 0. The van der Waals surface area contributed by atoms with Gasteiger partial charge in [0.25, 0.3) is 5.91 Å². The zero-order valence-electron chi connectivity index (χ0n) is 16.0. The molecule has 0 atom stereocenters. The van der Waals surface area contributed by atoms with E-state index in [1.54, 1.807) is 25.1 Å². The van der Waals surface area contributed by atoms with Gasteiger partial charge in [-0.1, -0.05) is 26.0 Å². The van der Waals surface area contributed by atoms with Gasteiger partial charge < -0.3 is 14.8 Å². The number of para-hydroxylation sites is 1. The number of hydrogen-bond acceptors (Lipinski definition) is 5. The van der Waals surface area contributed by atoms with Gasteiger partial charge in [0.15, 0.2) is 0 Å². The van der Waals surface area contributed by atoms with Gasteiger partial charge in [0.1, 0.15) is 10.8 Å². The molecule has 144 valence electrons. The molecule has 0 fully saturated rings. The number of benzene rings is 1. The van der Waals surface area contributed by atoms with Crippen LogP contribution < -0.4 is 10.1 Å². The van der Waals surface area contributed by atoms with Crippen LogP contribution in [0, 0.1) is 5.92 Å². The molecule has 0 saturated carbocycles. The molecule has 0 spiro atoms. The summed E-state index contributed by atoms with van der Waals surface area (Å²) in [4.78, 5) is 26.5. The molecule has 1 aromatic heterocycles. The summed E-state index contributed by atoms with van der Waals surface area (Å²) < 4.78 is 11.0. The van der Waals surface area contributed by atoms with E-state index >= 15 is 0 Å². The number of nitrogens with one attached hydrogen (secondary N) is 1. The van der Waals surface area contributed by atoms with Crippen molar-refractivity contribution in [3.8, 4) is 5.75 Å². The van der Waals surface area contributed by atoms with Crippen LogP contribution in [0.5, 0.6) is 5.75 Å². The van der Waals surface area contributed by atoms with Gasteiger partial charge in [0, 0.05) is 4.88 Å². The zero-order valence-corrected chi connectivity index (χ0v) is 16.8. The van der Waals surface area contributed by atoms with Crippen molar-refractivity contribution in [1.29, 1.82) is 0 Å². The summed E-state index contributed by atoms with van der Waals surface area (Å²) >= 11 is 1.48. The van der Waals surface area contributed by atoms with Crippen molar-refractivity contribution in [1.82, 2.24) is 0 Å². The number of carbonyl (C=O) groups excluding carboxylic acids is 2. The summed E-state index contributed by atoms with van der Waals surface area (Å²) in [6.07, 6.45) is 2.83. The maximum Gasteiger partial charge on any atom is 0.341 e. The van der Waals surface area contributed by atoms with Crippen LogP contribution in [0.3, 0.4) is 0 Å². The number of esters is 1. The van der Waals surface area contributed by atoms with Gasteiger partial charge in [-0.25, -0.2) is 4.79 Å². The Labute approximate surface area is 163 Å². The molecule has 1 aromatic carbocycles. The van der Waals surface area contributed by atoms with Crippen LogP contribution in [-0.4, -0.2) is 25.1 Å². The van der Waals surface area contributed by atoms with Crippen molar-refractivity contribution in [2.45, 2.75) is 40.0 Å². The molecule has 6 heteroatoms. The molecule has 5 nitrogen and oxygen atoms in total. The molecule has 1 heterocycles. The van der Waals surface area contributed by atoms with Crippen molar-refractivity contribution in [2.24, 2.45) is 5.92 Å². The monoisotopic (exact) mass is 387 g/mol. The van der Waals surface area contributed by atoms with E-state index in [0.717, 1.165) is 29.7 Å². The number of fused-ring (bicyclic) bond motifs is 1. The van der Waals surface area contributed by atoms with Crippen molar-refractivity contribution in [3.05, 3.63) is 45.8 Å². The van der Waals surface area contributed by atoms with Crippen molar-refractivity contribution in [3.63, 3.8) is 0 Å². The Morgan fingerprint density at radius 3 is 2.74 bits per heavy atom. The van der Waals surface area contributed by atoms with Crippen LogP contribution in [0.1, 0.15) is 58.3 Å². The molecular weight excluding hydrogens is 362 g/mol. The highest BCUT2D eigenvalue weighted by atomic mass is 32.1. The van der Waals surface area contributed by atoms with E-state index in [1.165, 1.54) is 11.3 Å². The average Bonchev–Trinajstić information content (AvgIpc) is 3.20. The van der Waals surface area contributed by atoms with Gasteiger partial charge in [-0.2, -0.15) is 0 Å². The Hall–Kier alpha value is -2.34. The molecule has 0 saturated heterocycles. The minimum atomic E-state index is -0.364. The summed E-state index contributed by atoms with van der Waals surface area (Å²) in [5, 5.41) is 3.49. The van der Waals surface area contributed by atoms with Crippen molar-refractivity contribution in [2.75, 3.05) is 18.5 Å². The van der Waals surface area contributed by atoms with E-state index in [-0.39, 0.29) is 11.9 Å². The number of anilines is 1. The van der Waals surface area contributed by atoms with Crippen molar-refractivity contribution < 1.29 is 19.1 Å². The van der Waals surface area contributed by atoms with Crippen molar-refractivity contribution >= 4 is 28.2 Å². The summed E-state index contributed by atoms with van der Waals surface area (Å²) in [6, 6.07) is 7.17. The second kappa shape index (κ2) is 8.57. The van der Waals surface area contributed by atoms with Crippen LogP contribution in [0.2, 0.25) is 0 Å². The number of hydrogen-bond donors (Lipinski definition) is 1. The Morgan fingerprint density at radius 1 is 1.22 bits per heavy atom. The largest absolute Gasteiger partial charge is 0.492 e. The molecule has 2 aromatic rings. The highest BCUT2D eigenvalue weighted by Crippen LogP contribution is 2.40. The second-order valence-corrected chi connectivity index (χ2v) is 8.04. The lowest BCUT2D eigenvalue weighted by Crippen LogP contribution is -2.17. The molecule has 27 heavy (non-hydrogen) atoms. The fourth-order valence-corrected chi connectivity index (χ4v) is 4.39. The molecule has 0 aliphatic heterocycles. The average molecular weight is 388 g/mol. The maximum atomic E-state index is 12.9.